The van der Waals surface area contributed by atoms with Gasteiger partial charge in [-0.25, -0.2) is 0 Å². The average Bonchev–Trinajstić information content (AvgIpc) is 2.38. The van der Waals surface area contributed by atoms with E-state index in [9.17, 15) is 5.11 Å². The fourth-order valence-corrected chi connectivity index (χ4v) is 1.98. The van der Waals surface area contributed by atoms with Crippen molar-refractivity contribution in [1.29, 1.82) is 0 Å². The molecule has 1 heterocycles. The lowest BCUT2D eigenvalue weighted by Gasteiger charge is -2.28. The molecule has 5 heteroatoms. The van der Waals surface area contributed by atoms with E-state index in [1.807, 2.05) is 0 Å². The third-order valence-electron chi connectivity index (χ3n) is 3.22. The summed E-state index contributed by atoms with van der Waals surface area (Å²) in [5, 5.41) is 13.1. The SMILES string of the molecule is CC(C)CCOCCNCC(O)CN1CCOCC1. The van der Waals surface area contributed by atoms with Crippen LogP contribution in [0.4, 0.5) is 0 Å². The second-order valence-electron chi connectivity index (χ2n) is 5.57. The summed E-state index contributed by atoms with van der Waals surface area (Å²) in [7, 11) is 0. The van der Waals surface area contributed by atoms with Crippen molar-refractivity contribution in [2.75, 3.05) is 59.2 Å². The molecule has 0 aromatic heterocycles. The Labute approximate surface area is 117 Å². The van der Waals surface area contributed by atoms with Crippen LogP contribution in [-0.2, 0) is 9.47 Å². The van der Waals surface area contributed by atoms with E-state index in [-0.39, 0.29) is 6.10 Å². The van der Waals surface area contributed by atoms with Gasteiger partial charge in [-0.2, -0.15) is 0 Å². The van der Waals surface area contributed by atoms with E-state index in [0.717, 1.165) is 59.0 Å². The van der Waals surface area contributed by atoms with Crippen LogP contribution in [0.1, 0.15) is 20.3 Å². The Bertz CT molecular complexity index is 209. The Morgan fingerprint density at radius 3 is 2.68 bits per heavy atom. The van der Waals surface area contributed by atoms with E-state index >= 15 is 0 Å². The molecule has 1 unspecified atom stereocenters. The van der Waals surface area contributed by atoms with Gasteiger partial charge in [0.25, 0.3) is 0 Å². The number of nitrogens with zero attached hydrogens (tertiary/aromatic N) is 1. The number of hydrogen-bond acceptors (Lipinski definition) is 5. The minimum Gasteiger partial charge on any atom is -0.390 e. The Morgan fingerprint density at radius 2 is 2.00 bits per heavy atom. The normalized spacial score (nSPS) is 18.9. The molecule has 0 aromatic carbocycles. The quantitative estimate of drug-likeness (QED) is 0.562. The van der Waals surface area contributed by atoms with Crippen LogP contribution in [0, 0.1) is 5.92 Å². The van der Waals surface area contributed by atoms with Gasteiger partial charge < -0.3 is 19.9 Å². The summed E-state index contributed by atoms with van der Waals surface area (Å²) in [6, 6.07) is 0. The largest absolute Gasteiger partial charge is 0.390 e. The molecule has 0 bridgehead atoms. The van der Waals surface area contributed by atoms with Gasteiger partial charge in [0.05, 0.1) is 25.9 Å². The first-order valence-electron chi connectivity index (χ1n) is 7.45. The first-order valence-corrected chi connectivity index (χ1v) is 7.45. The van der Waals surface area contributed by atoms with Crippen molar-refractivity contribution in [2.45, 2.75) is 26.4 Å². The summed E-state index contributed by atoms with van der Waals surface area (Å²) in [5.74, 6) is 0.698. The summed E-state index contributed by atoms with van der Waals surface area (Å²) in [5.41, 5.74) is 0. The van der Waals surface area contributed by atoms with E-state index < -0.39 is 0 Å². The number of β-amino-alcohol motifs (C(OH)–C–C–N with tert-alkyl or cyclic N) is 1. The Balaban J connectivity index is 1.88. The number of aliphatic hydroxyl groups is 1. The van der Waals surface area contributed by atoms with Gasteiger partial charge in [-0.15, -0.1) is 0 Å². The molecule has 19 heavy (non-hydrogen) atoms. The maximum Gasteiger partial charge on any atom is 0.0791 e. The Kier molecular flexibility index (Phi) is 9.38. The van der Waals surface area contributed by atoms with Crippen LogP contribution in [0.2, 0.25) is 0 Å². The number of aliphatic hydroxyl groups excluding tert-OH is 1. The van der Waals surface area contributed by atoms with Gasteiger partial charge in [0.2, 0.25) is 0 Å². The van der Waals surface area contributed by atoms with Crippen molar-refractivity contribution in [3.05, 3.63) is 0 Å². The Hall–Kier alpha value is -0.200. The highest BCUT2D eigenvalue weighted by Crippen LogP contribution is 1.99. The summed E-state index contributed by atoms with van der Waals surface area (Å²) in [4.78, 5) is 2.25. The first-order chi connectivity index (χ1) is 9.18. The molecule has 1 aliphatic heterocycles. The van der Waals surface area contributed by atoms with Gasteiger partial charge in [-0.05, 0) is 12.3 Å². The van der Waals surface area contributed by atoms with E-state index in [1.54, 1.807) is 0 Å². The minimum atomic E-state index is -0.311. The van der Waals surface area contributed by atoms with Gasteiger partial charge in [0.15, 0.2) is 0 Å². The van der Waals surface area contributed by atoms with E-state index in [1.165, 1.54) is 0 Å². The minimum absolute atomic E-state index is 0.311. The van der Waals surface area contributed by atoms with Crippen LogP contribution in [0.3, 0.4) is 0 Å². The lowest BCUT2D eigenvalue weighted by molar-refractivity contribution is 0.0146. The molecule has 0 amide bonds. The lowest BCUT2D eigenvalue weighted by atomic mass is 10.1. The van der Waals surface area contributed by atoms with E-state index in [4.69, 9.17) is 9.47 Å². The predicted octanol–water partition coefficient (Wildman–Crippen LogP) is 0.332. The molecule has 1 aliphatic rings. The molecular formula is C14H30N2O3. The van der Waals surface area contributed by atoms with Crippen molar-refractivity contribution < 1.29 is 14.6 Å². The van der Waals surface area contributed by atoms with Crippen molar-refractivity contribution in [1.82, 2.24) is 10.2 Å². The molecule has 1 saturated heterocycles. The zero-order chi connectivity index (χ0) is 13.9. The monoisotopic (exact) mass is 274 g/mol. The van der Waals surface area contributed by atoms with Crippen LogP contribution < -0.4 is 5.32 Å². The topological polar surface area (TPSA) is 54.0 Å². The maximum absolute atomic E-state index is 9.89. The van der Waals surface area contributed by atoms with Gasteiger partial charge in [0.1, 0.15) is 0 Å². The highest BCUT2D eigenvalue weighted by Gasteiger charge is 2.14. The lowest BCUT2D eigenvalue weighted by Crippen LogP contribution is -2.44. The molecule has 1 atom stereocenters. The third-order valence-corrected chi connectivity index (χ3v) is 3.22. The van der Waals surface area contributed by atoms with Gasteiger partial charge in [-0.3, -0.25) is 4.90 Å². The number of ether oxygens (including phenoxy) is 2. The standard InChI is InChI=1S/C14H30N2O3/c1-13(2)3-7-18-8-4-15-11-14(17)12-16-5-9-19-10-6-16/h13-15,17H,3-12H2,1-2H3. The number of hydrogen-bond donors (Lipinski definition) is 2. The van der Waals surface area contributed by atoms with Crippen molar-refractivity contribution >= 4 is 0 Å². The van der Waals surface area contributed by atoms with Crippen LogP contribution in [0.5, 0.6) is 0 Å². The number of rotatable bonds is 10. The van der Waals surface area contributed by atoms with Crippen molar-refractivity contribution in [3.63, 3.8) is 0 Å². The maximum atomic E-state index is 9.89. The molecule has 2 N–H and O–H groups in total. The molecule has 0 aromatic rings. The first kappa shape index (κ1) is 16.9. The zero-order valence-corrected chi connectivity index (χ0v) is 12.4. The zero-order valence-electron chi connectivity index (χ0n) is 12.4. The summed E-state index contributed by atoms with van der Waals surface area (Å²) in [6.45, 7) is 11.5. The van der Waals surface area contributed by atoms with Crippen molar-refractivity contribution in [2.24, 2.45) is 5.92 Å². The Morgan fingerprint density at radius 1 is 1.26 bits per heavy atom. The highest BCUT2D eigenvalue weighted by atomic mass is 16.5. The summed E-state index contributed by atoms with van der Waals surface area (Å²) < 4.78 is 10.8. The van der Waals surface area contributed by atoms with Gasteiger partial charge >= 0.3 is 0 Å². The molecular weight excluding hydrogens is 244 g/mol. The third kappa shape index (κ3) is 9.35. The van der Waals surface area contributed by atoms with Crippen LogP contribution >= 0.6 is 0 Å². The summed E-state index contributed by atoms with van der Waals surface area (Å²) in [6.07, 6.45) is 0.799. The number of morpholine rings is 1. The van der Waals surface area contributed by atoms with E-state index in [2.05, 4.69) is 24.1 Å². The summed E-state index contributed by atoms with van der Waals surface area (Å²) >= 11 is 0. The second-order valence-corrected chi connectivity index (χ2v) is 5.57. The van der Waals surface area contributed by atoms with Crippen LogP contribution in [-0.4, -0.2) is 75.3 Å². The predicted molar refractivity (Wildman–Crippen MR) is 76.4 cm³/mol. The average molecular weight is 274 g/mol. The molecule has 114 valence electrons. The number of nitrogens with one attached hydrogen (secondary N) is 1. The molecule has 1 fully saturated rings. The second kappa shape index (κ2) is 10.6. The van der Waals surface area contributed by atoms with Gasteiger partial charge in [0, 0.05) is 39.3 Å². The van der Waals surface area contributed by atoms with Gasteiger partial charge in [-0.1, -0.05) is 13.8 Å². The highest BCUT2D eigenvalue weighted by molar-refractivity contribution is 4.69. The van der Waals surface area contributed by atoms with Crippen molar-refractivity contribution in [3.8, 4) is 0 Å². The fraction of sp³-hybridized carbons (Fsp3) is 1.00. The molecule has 0 spiro atoms. The smallest absolute Gasteiger partial charge is 0.0791 e. The van der Waals surface area contributed by atoms with Crippen LogP contribution in [0.15, 0.2) is 0 Å². The van der Waals surface area contributed by atoms with Crippen LogP contribution in [0.25, 0.3) is 0 Å². The molecule has 0 saturated carbocycles. The molecule has 0 radical (unpaired) electrons. The fourth-order valence-electron chi connectivity index (χ4n) is 1.98. The molecule has 1 rings (SSSR count). The molecule has 5 nitrogen and oxygen atoms in total. The molecule has 0 aliphatic carbocycles. The van der Waals surface area contributed by atoms with E-state index in [0.29, 0.717) is 12.5 Å².